The summed E-state index contributed by atoms with van der Waals surface area (Å²) in [5, 5.41) is 10.1. The van der Waals surface area contributed by atoms with Crippen LogP contribution in [0, 0.1) is 12.3 Å². The number of hydrogen-bond acceptors (Lipinski definition) is 3. The summed E-state index contributed by atoms with van der Waals surface area (Å²) in [4.78, 5) is 16.3. The van der Waals surface area contributed by atoms with Crippen molar-refractivity contribution in [2.45, 2.75) is 32.6 Å². The molecule has 1 saturated carbocycles. The second-order valence-corrected chi connectivity index (χ2v) is 5.28. The van der Waals surface area contributed by atoms with Gasteiger partial charge in [-0.3, -0.25) is 4.79 Å². The number of aliphatic carboxylic acids is 1. The molecule has 1 fully saturated rings. The van der Waals surface area contributed by atoms with Gasteiger partial charge in [-0.1, -0.05) is 6.42 Å². The van der Waals surface area contributed by atoms with E-state index >= 15 is 0 Å². The third kappa shape index (κ3) is 1.54. The Morgan fingerprint density at radius 2 is 2.43 bits per heavy atom. The highest BCUT2D eigenvalue weighted by Gasteiger charge is 2.44. The third-order valence-electron chi connectivity index (χ3n) is 2.95. The minimum absolute atomic E-state index is 0.473. The molecule has 0 radical (unpaired) electrons. The Morgan fingerprint density at radius 3 is 2.79 bits per heavy atom. The monoisotopic (exact) mass is 211 g/mol. The van der Waals surface area contributed by atoms with Crippen molar-refractivity contribution in [3.63, 3.8) is 0 Å². The molecule has 0 spiro atoms. The molecule has 1 aliphatic rings. The van der Waals surface area contributed by atoms with Crippen molar-refractivity contribution in [2.75, 3.05) is 0 Å². The summed E-state index contributed by atoms with van der Waals surface area (Å²) in [6.45, 7) is 1.95. The molecule has 0 unspecified atom stereocenters. The number of nitrogens with zero attached hydrogens (tertiary/aromatic N) is 1. The molecule has 1 aromatic heterocycles. The van der Waals surface area contributed by atoms with Crippen LogP contribution in [0.25, 0.3) is 0 Å². The van der Waals surface area contributed by atoms with E-state index in [1.807, 2.05) is 13.1 Å². The molecule has 0 saturated heterocycles. The van der Waals surface area contributed by atoms with Gasteiger partial charge in [-0.15, -0.1) is 11.3 Å². The van der Waals surface area contributed by atoms with Crippen LogP contribution < -0.4 is 0 Å². The summed E-state index contributed by atoms with van der Waals surface area (Å²) in [7, 11) is 0. The summed E-state index contributed by atoms with van der Waals surface area (Å²) in [6, 6.07) is 0. The van der Waals surface area contributed by atoms with Gasteiger partial charge in [0, 0.05) is 11.1 Å². The topological polar surface area (TPSA) is 50.2 Å². The molecule has 0 amide bonds. The van der Waals surface area contributed by atoms with E-state index in [9.17, 15) is 4.79 Å². The Balaban J connectivity index is 2.12. The van der Waals surface area contributed by atoms with Crippen LogP contribution in [0.15, 0.2) is 6.20 Å². The normalized spacial score (nSPS) is 18.9. The van der Waals surface area contributed by atoms with E-state index in [1.54, 1.807) is 11.3 Å². The van der Waals surface area contributed by atoms with Crippen LogP contribution in [0.3, 0.4) is 0 Å². The predicted octanol–water partition coefficient (Wildman–Crippen LogP) is 2.25. The molecule has 76 valence electrons. The average Bonchev–Trinajstić information content (AvgIpc) is 2.43. The SMILES string of the molecule is Cc1ncc(CC2(C(=O)O)CCC2)s1. The lowest BCUT2D eigenvalue weighted by atomic mass is 9.66. The summed E-state index contributed by atoms with van der Waals surface area (Å²) < 4.78 is 0. The molecule has 0 aromatic carbocycles. The number of carboxylic acids is 1. The zero-order valence-corrected chi connectivity index (χ0v) is 8.93. The third-order valence-corrected chi connectivity index (χ3v) is 3.86. The maximum absolute atomic E-state index is 11.1. The molecular weight excluding hydrogens is 198 g/mol. The van der Waals surface area contributed by atoms with E-state index in [2.05, 4.69) is 4.98 Å². The molecule has 14 heavy (non-hydrogen) atoms. The fraction of sp³-hybridized carbons (Fsp3) is 0.600. The number of hydrogen-bond donors (Lipinski definition) is 1. The summed E-state index contributed by atoms with van der Waals surface area (Å²) in [5.74, 6) is -0.644. The van der Waals surface area contributed by atoms with Gasteiger partial charge in [0.25, 0.3) is 0 Å². The van der Waals surface area contributed by atoms with Crippen LogP contribution in [0.1, 0.15) is 29.1 Å². The van der Waals surface area contributed by atoms with Crippen molar-refractivity contribution in [1.82, 2.24) is 4.98 Å². The van der Waals surface area contributed by atoms with Gasteiger partial charge >= 0.3 is 5.97 Å². The molecule has 0 atom stereocenters. The molecule has 1 heterocycles. The lowest BCUT2D eigenvalue weighted by Gasteiger charge is -2.37. The first-order chi connectivity index (χ1) is 6.62. The number of carboxylic acid groups (broad SMARTS) is 1. The first-order valence-electron chi connectivity index (χ1n) is 4.77. The fourth-order valence-corrected chi connectivity index (χ4v) is 2.83. The zero-order valence-electron chi connectivity index (χ0n) is 8.12. The molecule has 1 aliphatic carbocycles. The number of aryl methyl sites for hydroxylation is 1. The van der Waals surface area contributed by atoms with Crippen LogP contribution in [0.5, 0.6) is 0 Å². The maximum Gasteiger partial charge on any atom is 0.309 e. The highest BCUT2D eigenvalue weighted by molar-refractivity contribution is 7.11. The van der Waals surface area contributed by atoms with Crippen molar-refractivity contribution in [3.05, 3.63) is 16.1 Å². The van der Waals surface area contributed by atoms with Crippen LogP contribution in [-0.2, 0) is 11.2 Å². The number of rotatable bonds is 3. The quantitative estimate of drug-likeness (QED) is 0.834. The predicted molar refractivity (Wildman–Crippen MR) is 54.5 cm³/mol. The molecule has 1 aromatic rings. The fourth-order valence-electron chi connectivity index (χ4n) is 1.89. The highest BCUT2D eigenvalue weighted by Crippen LogP contribution is 2.44. The zero-order chi connectivity index (χ0) is 10.2. The Bertz CT molecular complexity index is 355. The number of aromatic nitrogens is 1. The van der Waals surface area contributed by atoms with Crippen LogP contribution in [0.4, 0.5) is 0 Å². The lowest BCUT2D eigenvalue weighted by Crippen LogP contribution is -2.39. The van der Waals surface area contributed by atoms with Crippen molar-refractivity contribution >= 4 is 17.3 Å². The first kappa shape index (κ1) is 9.65. The van der Waals surface area contributed by atoms with E-state index in [0.717, 1.165) is 29.1 Å². The minimum Gasteiger partial charge on any atom is -0.481 e. The van der Waals surface area contributed by atoms with E-state index in [4.69, 9.17) is 5.11 Å². The maximum atomic E-state index is 11.1. The molecule has 2 rings (SSSR count). The van der Waals surface area contributed by atoms with E-state index in [0.29, 0.717) is 6.42 Å². The van der Waals surface area contributed by atoms with Crippen molar-refractivity contribution < 1.29 is 9.90 Å². The van der Waals surface area contributed by atoms with E-state index in [1.165, 1.54) is 0 Å². The van der Waals surface area contributed by atoms with E-state index in [-0.39, 0.29) is 0 Å². The van der Waals surface area contributed by atoms with Gasteiger partial charge in [-0.25, -0.2) is 4.98 Å². The molecule has 0 aliphatic heterocycles. The summed E-state index contributed by atoms with van der Waals surface area (Å²) >= 11 is 1.61. The van der Waals surface area contributed by atoms with Gasteiger partial charge < -0.3 is 5.11 Å². The largest absolute Gasteiger partial charge is 0.481 e. The van der Waals surface area contributed by atoms with Gasteiger partial charge in [-0.05, 0) is 26.2 Å². The Hall–Kier alpha value is -0.900. The van der Waals surface area contributed by atoms with Crippen LogP contribution in [0.2, 0.25) is 0 Å². The second kappa shape index (κ2) is 3.35. The second-order valence-electron chi connectivity index (χ2n) is 3.96. The average molecular weight is 211 g/mol. The Morgan fingerprint density at radius 1 is 1.71 bits per heavy atom. The number of thiazole rings is 1. The van der Waals surface area contributed by atoms with Crippen molar-refractivity contribution in [2.24, 2.45) is 5.41 Å². The van der Waals surface area contributed by atoms with E-state index < -0.39 is 11.4 Å². The molecular formula is C10H13NO2S. The summed E-state index contributed by atoms with van der Waals surface area (Å²) in [6.07, 6.45) is 5.15. The smallest absolute Gasteiger partial charge is 0.309 e. The first-order valence-corrected chi connectivity index (χ1v) is 5.59. The minimum atomic E-state index is -0.644. The molecule has 3 nitrogen and oxygen atoms in total. The molecule has 1 N–H and O–H groups in total. The van der Waals surface area contributed by atoms with Gasteiger partial charge in [0.1, 0.15) is 0 Å². The van der Waals surface area contributed by atoms with Gasteiger partial charge in [0.15, 0.2) is 0 Å². The van der Waals surface area contributed by atoms with Crippen LogP contribution in [-0.4, -0.2) is 16.1 Å². The molecule has 4 heteroatoms. The van der Waals surface area contributed by atoms with Gasteiger partial charge in [-0.2, -0.15) is 0 Å². The Labute approximate surface area is 86.8 Å². The highest BCUT2D eigenvalue weighted by atomic mass is 32.1. The lowest BCUT2D eigenvalue weighted by molar-refractivity contribution is -0.154. The molecule has 0 bridgehead atoms. The van der Waals surface area contributed by atoms with Crippen molar-refractivity contribution in [1.29, 1.82) is 0 Å². The number of carbonyl (C=O) groups is 1. The Kier molecular flexibility index (Phi) is 2.31. The van der Waals surface area contributed by atoms with Gasteiger partial charge in [0.2, 0.25) is 0 Å². The van der Waals surface area contributed by atoms with Gasteiger partial charge in [0.05, 0.1) is 10.4 Å². The van der Waals surface area contributed by atoms with Crippen LogP contribution >= 0.6 is 11.3 Å². The summed E-state index contributed by atoms with van der Waals surface area (Å²) in [5.41, 5.74) is -0.473. The van der Waals surface area contributed by atoms with Crippen molar-refractivity contribution in [3.8, 4) is 0 Å². The standard InChI is InChI=1S/C10H13NO2S/c1-7-11-6-8(14-7)5-10(9(12)13)3-2-4-10/h6H,2-5H2,1H3,(H,12,13).